The highest BCUT2D eigenvalue weighted by atomic mass is 79.9. The molecule has 7 heteroatoms. The number of anilines is 1. The number of benzene rings is 2. The first-order chi connectivity index (χ1) is 9.45. The van der Waals surface area contributed by atoms with E-state index in [0.29, 0.717) is 5.69 Å². The lowest BCUT2D eigenvalue weighted by molar-refractivity contribution is 0.598. The minimum absolute atomic E-state index is 0.0694. The molecule has 0 saturated carbocycles. The fourth-order valence-corrected chi connectivity index (χ4v) is 2.23. The Labute approximate surface area is 125 Å². The van der Waals surface area contributed by atoms with Crippen molar-refractivity contribution in [3.8, 4) is 0 Å². The van der Waals surface area contributed by atoms with Crippen molar-refractivity contribution in [1.82, 2.24) is 0 Å². The number of hydrogen-bond acceptors (Lipinski definition) is 4. The summed E-state index contributed by atoms with van der Waals surface area (Å²) < 4.78 is 23.2. The van der Waals surface area contributed by atoms with E-state index in [1.54, 1.807) is 18.3 Å². The Hall–Kier alpha value is -1.70. The molecule has 104 valence electrons. The minimum Gasteiger partial charge on any atom is -0.279 e. The fourth-order valence-electron chi connectivity index (χ4n) is 1.45. The summed E-state index contributed by atoms with van der Waals surface area (Å²) in [5, 5.41) is 9.08. The SMILES string of the molecule is NS(=O)(=O)c1ccc(N/N=C/c2ccc(Br)cc2)cc1. The van der Waals surface area contributed by atoms with Crippen LogP contribution in [0.25, 0.3) is 0 Å². The van der Waals surface area contributed by atoms with Crippen LogP contribution in [0.15, 0.2) is 63.0 Å². The maximum absolute atomic E-state index is 11.1. The molecule has 0 bridgehead atoms. The highest BCUT2D eigenvalue weighted by Crippen LogP contribution is 2.13. The van der Waals surface area contributed by atoms with Gasteiger partial charge >= 0.3 is 0 Å². The average molecular weight is 354 g/mol. The van der Waals surface area contributed by atoms with E-state index in [1.165, 1.54) is 12.1 Å². The number of halogens is 1. The minimum atomic E-state index is -3.66. The standard InChI is InChI=1S/C13H12BrN3O2S/c14-11-3-1-10(2-4-11)9-16-17-12-5-7-13(8-6-12)20(15,18)19/h1-9,17H,(H2,15,18,19)/b16-9+. The molecule has 0 aromatic heterocycles. The van der Waals surface area contributed by atoms with Crippen LogP contribution in [0.4, 0.5) is 5.69 Å². The molecule has 0 saturated heterocycles. The topological polar surface area (TPSA) is 84.5 Å². The number of nitrogens with two attached hydrogens (primary N) is 1. The maximum Gasteiger partial charge on any atom is 0.238 e. The smallest absolute Gasteiger partial charge is 0.238 e. The maximum atomic E-state index is 11.1. The summed E-state index contributed by atoms with van der Waals surface area (Å²) in [5.41, 5.74) is 4.43. The lowest BCUT2D eigenvalue weighted by atomic mass is 10.2. The molecule has 0 atom stereocenters. The van der Waals surface area contributed by atoms with Gasteiger partial charge in [0.2, 0.25) is 10.0 Å². The Morgan fingerprint density at radius 2 is 1.65 bits per heavy atom. The van der Waals surface area contributed by atoms with Crippen molar-refractivity contribution in [3.63, 3.8) is 0 Å². The first-order valence-corrected chi connectivity index (χ1v) is 7.96. The Morgan fingerprint density at radius 3 is 2.20 bits per heavy atom. The number of nitrogens with zero attached hydrogens (tertiary/aromatic N) is 1. The van der Waals surface area contributed by atoms with E-state index in [1.807, 2.05) is 24.3 Å². The third-order valence-corrected chi connectivity index (χ3v) is 3.92. The normalized spacial score (nSPS) is 11.7. The lowest BCUT2D eigenvalue weighted by Crippen LogP contribution is -2.11. The van der Waals surface area contributed by atoms with E-state index in [-0.39, 0.29) is 4.90 Å². The zero-order valence-corrected chi connectivity index (χ0v) is 12.7. The van der Waals surface area contributed by atoms with Crippen LogP contribution in [0, 0.1) is 0 Å². The van der Waals surface area contributed by atoms with E-state index in [4.69, 9.17) is 5.14 Å². The Kier molecular flexibility index (Phi) is 4.53. The summed E-state index contributed by atoms with van der Waals surface area (Å²) in [7, 11) is -3.66. The monoisotopic (exact) mass is 353 g/mol. The average Bonchev–Trinajstić information content (AvgIpc) is 2.41. The van der Waals surface area contributed by atoms with E-state index < -0.39 is 10.0 Å². The van der Waals surface area contributed by atoms with Crippen molar-refractivity contribution < 1.29 is 8.42 Å². The van der Waals surface area contributed by atoms with Gasteiger partial charge in [-0.2, -0.15) is 5.10 Å². The first kappa shape index (κ1) is 14.7. The van der Waals surface area contributed by atoms with Gasteiger partial charge in [0.05, 0.1) is 16.8 Å². The molecular weight excluding hydrogens is 342 g/mol. The van der Waals surface area contributed by atoms with E-state index in [0.717, 1.165) is 10.0 Å². The third kappa shape index (κ3) is 4.16. The van der Waals surface area contributed by atoms with Crippen LogP contribution in [0.3, 0.4) is 0 Å². The van der Waals surface area contributed by atoms with Crippen LogP contribution in [0.2, 0.25) is 0 Å². The van der Waals surface area contributed by atoms with Gasteiger partial charge in [0, 0.05) is 4.47 Å². The molecule has 2 rings (SSSR count). The van der Waals surface area contributed by atoms with Crippen molar-refractivity contribution >= 4 is 37.9 Å². The number of sulfonamides is 1. The van der Waals surface area contributed by atoms with Gasteiger partial charge in [-0.3, -0.25) is 5.43 Å². The molecule has 5 nitrogen and oxygen atoms in total. The summed E-state index contributed by atoms with van der Waals surface area (Å²) in [6.07, 6.45) is 1.67. The molecule has 0 heterocycles. The van der Waals surface area contributed by atoms with Gasteiger partial charge in [-0.05, 0) is 42.0 Å². The highest BCUT2D eigenvalue weighted by molar-refractivity contribution is 9.10. The van der Waals surface area contributed by atoms with Crippen molar-refractivity contribution in [2.24, 2.45) is 10.2 Å². The highest BCUT2D eigenvalue weighted by Gasteiger charge is 2.05. The van der Waals surface area contributed by atoms with E-state index in [2.05, 4.69) is 26.5 Å². The molecular formula is C13H12BrN3O2S. The first-order valence-electron chi connectivity index (χ1n) is 5.63. The summed E-state index contributed by atoms with van der Waals surface area (Å²) in [5.74, 6) is 0. The Morgan fingerprint density at radius 1 is 1.05 bits per heavy atom. The molecule has 0 radical (unpaired) electrons. The number of hydrazone groups is 1. The molecule has 2 aromatic carbocycles. The number of hydrogen-bond donors (Lipinski definition) is 2. The zero-order chi connectivity index (χ0) is 14.6. The summed E-state index contributed by atoms with van der Waals surface area (Å²) >= 11 is 3.35. The second-order valence-corrected chi connectivity index (χ2v) is 6.47. The van der Waals surface area contributed by atoms with Crippen LogP contribution >= 0.6 is 15.9 Å². The molecule has 20 heavy (non-hydrogen) atoms. The fraction of sp³-hybridized carbons (Fsp3) is 0. The second kappa shape index (κ2) is 6.17. The molecule has 0 amide bonds. The molecule has 0 aliphatic carbocycles. The molecule has 0 aliphatic heterocycles. The van der Waals surface area contributed by atoms with Crippen LogP contribution in [0.1, 0.15) is 5.56 Å². The molecule has 0 aliphatic rings. The van der Waals surface area contributed by atoms with Gasteiger partial charge in [0.25, 0.3) is 0 Å². The predicted molar refractivity (Wildman–Crippen MR) is 83.2 cm³/mol. The molecule has 0 unspecified atom stereocenters. The van der Waals surface area contributed by atoms with Crippen molar-refractivity contribution in [3.05, 3.63) is 58.6 Å². The molecule has 3 N–H and O–H groups in total. The number of nitrogens with one attached hydrogen (secondary N) is 1. The number of primary sulfonamides is 1. The lowest BCUT2D eigenvalue weighted by Gasteiger charge is -2.02. The van der Waals surface area contributed by atoms with Crippen molar-refractivity contribution in [2.75, 3.05) is 5.43 Å². The van der Waals surface area contributed by atoms with Gasteiger partial charge in [0.15, 0.2) is 0 Å². The summed E-state index contributed by atoms with van der Waals surface area (Å²) in [6.45, 7) is 0. The Balaban J connectivity index is 2.02. The summed E-state index contributed by atoms with van der Waals surface area (Å²) in [4.78, 5) is 0.0694. The van der Waals surface area contributed by atoms with Crippen LogP contribution in [-0.2, 0) is 10.0 Å². The third-order valence-electron chi connectivity index (χ3n) is 2.46. The van der Waals surface area contributed by atoms with Gasteiger partial charge < -0.3 is 0 Å². The summed E-state index contributed by atoms with van der Waals surface area (Å²) in [6, 6.07) is 13.7. The van der Waals surface area contributed by atoms with Gasteiger partial charge in [0.1, 0.15) is 0 Å². The zero-order valence-electron chi connectivity index (χ0n) is 10.3. The second-order valence-electron chi connectivity index (χ2n) is 3.99. The van der Waals surface area contributed by atoms with Crippen LogP contribution < -0.4 is 10.6 Å². The Bertz CT molecular complexity index is 710. The largest absolute Gasteiger partial charge is 0.279 e. The van der Waals surface area contributed by atoms with Crippen molar-refractivity contribution in [1.29, 1.82) is 0 Å². The quantitative estimate of drug-likeness (QED) is 0.654. The van der Waals surface area contributed by atoms with Crippen LogP contribution in [0.5, 0.6) is 0 Å². The van der Waals surface area contributed by atoms with E-state index in [9.17, 15) is 8.42 Å². The van der Waals surface area contributed by atoms with Gasteiger partial charge in [-0.25, -0.2) is 13.6 Å². The molecule has 0 spiro atoms. The number of rotatable bonds is 4. The van der Waals surface area contributed by atoms with Crippen LogP contribution in [-0.4, -0.2) is 14.6 Å². The molecule has 0 fully saturated rings. The molecule has 2 aromatic rings. The van der Waals surface area contributed by atoms with E-state index >= 15 is 0 Å². The van der Waals surface area contributed by atoms with Gasteiger partial charge in [-0.15, -0.1) is 0 Å². The van der Waals surface area contributed by atoms with Crippen molar-refractivity contribution in [2.45, 2.75) is 4.90 Å². The van der Waals surface area contributed by atoms with Gasteiger partial charge in [-0.1, -0.05) is 28.1 Å². The predicted octanol–water partition coefficient (Wildman–Crippen LogP) is 2.54.